The number of benzene rings is 1. The summed E-state index contributed by atoms with van der Waals surface area (Å²) in [7, 11) is -2.10. The molecule has 0 spiro atoms. The summed E-state index contributed by atoms with van der Waals surface area (Å²) in [6.45, 7) is 4.98. The van der Waals surface area contributed by atoms with Crippen molar-refractivity contribution in [3.8, 4) is 5.75 Å². The minimum absolute atomic E-state index is 0.0197. The molecule has 0 bridgehead atoms. The maximum atomic E-state index is 11.9. The van der Waals surface area contributed by atoms with E-state index in [0.717, 1.165) is 6.26 Å². The van der Waals surface area contributed by atoms with E-state index >= 15 is 0 Å². The van der Waals surface area contributed by atoms with Crippen LogP contribution in [0.2, 0.25) is 0 Å². The Balaban J connectivity index is 2.67. The number of nitrogens with one attached hydrogen (secondary N) is 1. The van der Waals surface area contributed by atoms with E-state index in [4.69, 9.17) is 4.74 Å². The average Bonchev–Trinajstić information content (AvgIpc) is 2.36. The lowest BCUT2D eigenvalue weighted by molar-refractivity contribution is -0.113. The highest BCUT2D eigenvalue weighted by Gasteiger charge is 2.19. The molecule has 1 rings (SSSR count). The summed E-state index contributed by atoms with van der Waals surface area (Å²) >= 11 is 0. The van der Waals surface area contributed by atoms with Gasteiger partial charge in [-0.3, -0.25) is 8.98 Å². The molecule has 20 heavy (non-hydrogen) atoms. The van der Waals surface area contributed by atoms with Crippen LogP contribution in [0, 0.1) is 0 Å². The van der Waals surface area contributed by atoms with Crippen LogP contribution in [-0.2, 0) is 19.1 Å². The van der Waals surface area contributed by atoms with Crippen molar-refractivity contribution < 1.29 is 22.1 Å². The van der Waals surface area contributed by atoms with Crippen molar-refractivity contribution in [3.05, 3.63) is 36.4 Å². The highest BCUT2D eigenvalue weighted by atomic mass is 32.2. The Hall–Kier alpha value is -1.86. The second kappa shape index (κ2) is 6.53. The number of carbonyl (C=O) groups excluding carboxylic acids is 1. The van der Waals surface area contributed by atoms with Crippen LogP contribution in [0.25, 0.3) is 0 Å². The maximum absolute atomic E-state index is 11.9. The van der Waals surface area contributed by atoms with E-state index in [1.807, 2.05) is 0 Å². The number of amides is 1. The Morgan fingerprint density at radius 2 is 1.85 bits per heavy atom. The molecule has 110 valence electrons. The molecule has 0 aliphatic rings. The van der Waals surface area contributed by atoms with E-state index < -0.39 is 22.1 Å². The molecule has 0 unspecified atom stereocenters. The first-order valence-corrected chi connectivity index (χ1v) is 7.57. The van der Waals surface area contributed by atoms with Gasteiger partial charge in [0.25, 0.3) is 16.0 Å². The Morgan fingerprint density at radius 1 is 1.30 bits per heavy atom. The molecule has 0 saturated carbocycles. The molecule has 0 heterocycles. The monoisotopic (exact) mass is 299 g/mol. The zero-order chi connectivity index (χ0) is 15.3. The molecule has 1 atom stereocenters. The topological polar surface area (TPSA) is 81.7 Å². The number of methoxy groups -OCH3 is 1. The van der Waals surface area contributed by atoms with Gasteiger partial charge in [0.05, 0.1) is 13.4 Å². The molecule has 0 fully saturated rings. The average molecular weight is 299 g/mol. The van der Waals surface area contributed by atoms with Gasteiger partial charge in [-0.25, -0.2) is 0 Å². The fourth-order valence-electron chi connectivity index (χ4n) is 1.39. The van der Waals surface area contributed by atoms with Crippen LogP contribution in [0.4, 0.5) is 5.69 Å². The standard InChI is InChI=1S/C13H17NO5S/c1-9(10(2)19-20(4,16)17)13(15)14-11-5-7-12(18-3)8-6-11/h5-8,10H,1H2,2-4H3,(H,14,15)/t10-/m1/s1. The summed E-state index contributed by atoms with van der Waals surface area (Å²) < 4.78 is 31.7. The molecule has 1 amide bonds. The SMILES string of the molecule is C=C(C(=O)Nc1ccc(OC)cc1)[C@@H](C)OS(C)(=O)=O. The highest BCUT2D eigenvalue weighted by molar-refractivity contribution is 7.86. The quantitative estimate of drug-likeness (QED) is 0.636. The number of rotatable bonds is 6. The van der Waals surface area contributed by atoms with Crippen molar-refractivity contribution in [1.82, 2.24) is 0 Å². The fraction of sp³-hybridized carbons (Fsp3) is 0.308. The molecule has 6 nitrogen and oxygen atoms in total. The zero-order valence-electron chi connectivity index (χ0n) is 11.5. The van der Waals surface area contributed by atoms with Crippen LogP contribution in [0.1, 0.15) is 6.92 Å². The molecule has 0 aromatic heterocycles. The van der Waals surface area contributed by atoms with Crippen molar-refractivity contribution in [2.45, 2.75) is 13.0 Å². The summed E-state index contributed by atoms with van der Waals surface area (Å²) in [5.74, 6) is 0.155. The zero-order valence-corrected chi connectivity index (χ0v) is 12.4. The van der Waals surface area contributed by atoms with Crippen molar-refractivity contribution in [2.75, 3.05) is 18.7 Å². The van der Waals surface area contributed by atoms with Crippen LogP contribution in [0.5, 0.6) is 5.75 Å². The van der Waals surface area contributed by atoms with Crippen LogP contribution < -0.4 is 10.1 Å². The van der Waals surface area contributed by atoms with Crippen molar-refractivity contribution in [2.24, 2.45) is 0 Å². The first-order chi connectivity index (χ1) is 9.23. The Morgan fingerprint density at radius 3 is 2.30 bits per heavy atom. The molecule has 1 aromatic carbocycles. The Kier molecular flexibility index (Phi) is 5.29. The molecule has 0 radical (unpaired) electrons. The Bertz CT molecular complexity index is 592. The van der Waals surface area contributed by atoms with Crippen LogP contribution in [0.3, 0.4) is 0 Å². The van der Waals surface area contributed by atoms with E-state index in [1.165, 1.54) is 6.92 Å². The lowest BCUT2D eigenvalue weighted by atomic mass is 10.2. The van der Waals surface area contributed by atoms with Gasteiger partial charge in [0.2, 0.25) is 0 Å². The first-order valence-electron chi connectivity index (χ1n) is 5.75. The minimum atomic E-state index is -3.64. The number of hydrogen-bond acceptors (Lipinski definition) is 5. The molecule has 7 heteroatoms. The van der Waals surface area contributed by atoms with Gasteiger partial charge in [-0.15, -0.1) is 0 Å². The van der Waals surface area contributed by atoms with Crippen molar-refractivity contribution >= 4 is 21.7 Å². The summed E-state index contributed by atoms with van der Waals surface area (Å²) in [6.07, 6.45) is -0.0127. The normalized spacial score (nSPS) is 12.6. The number of ether oxygens (including phenoxy) is 1. The maximum Gasteiger partial charge on any atom is 0.264 e. The first kappa shape index (κ1) is 16.2. The third kappa shape index (κ3) is 5.02. The smallest absolute Gasteiger partial charge is 0.264 e. The summed E-state index contributed by atoms with van der Waals surface area (Å²) in [6, 6.07) is 6.70. The van der Waals surface area contributed by atoms with Crippen molar-refractivity contribution in [1.29, 1.82) is 0 Å². The molecular formula is C13H17NO5S. The highest BCUT2D eigenvalue weighted by Crippen LogP contribution is 2.16. The Labute approximate surface area is 118 Å². The summed E-state index contributed by atoms with van der Waals surface area (Å²) in [5, 5.41) is 2.59. The number of carbonyl (C=O) groups is 1. The molecule has 1 N–H and O–H groups in total. The van der Waals surface area contributed by atoms with Crippen LogP contribution >= 0.6 is 0 Å². The molecule has 1 aromatic rings. The fourth-order valence-corrected chi connectivity index (χ4v) is 2.03. The van der Waals surface area contributed by atoms with Gasteiger partial charge in [0, 0.05) is 11.3 Å². The van der Waals surface area contributed by atoms with Gasteiger partial charge >= 0.3 is 0 Å². The predicted molar refractivity (Wildman–Crippen MR) is 76.2 cm³/mol. The second-order valence-electron chi connectivity index (χ2n) is 4.15. The van der Waals surface area contributed by atoms with E-state index in [1.54, 1.807) is 31.4 Å². The van der Waals surface area contributed by atoms with Gasteiger partial charge in [-0.05, 0) is 31.2 Å². The van der Waals surface area contributed by atoms with E-state index in [0.29, 0.717) is 11.4 Å². The molecule has 0 saturated heterocycles. The van der Waals surface area contributed by atoms with Gasteiger partial charge in [0.1, 0.15) is 11.9 Å². The van der Waals surface area contributed by atoms with Gasteiger partial charge in [-0.2, -0.15) is 8.42 Å². The van der Waals surface area contributed by atoms with Gasteiger partial charge in [0.15, 0.2) is 0 Å². The lowest BCUT2D eigenvalue weighted by Gasteiger charge is -2.14. The molecule has 0 aliphatic carbocycles. The van der Waals surface area contributed by atoms with E-state index in [2.05, 4.69) is 16.1 Å². The summed E-state index contributed by atoms with van der Waals surface area (Å²) in [4.78, 5) is 11.9. The van der Waals surface area contributed by atoms with Crippen LogP contribution in [0.15, 0.2) is 36.4 Å². The molecule has 0 aliphatic heterocycles. The lowest BCUT2D eigenvalue weighted by Crippen LogP contribution is -2.25. The largest absolute Gasteiger partial charge is 0.497 e. The third-order valence-corrected chi connectivity index (χ3v) is 3.09. The second-order valence-corrected chi connectivity index (χ2v) is 5.75. The van der Waals surface area contributed by atoms with Gasteiger partial charge < -0.3 is 10.1 Å². The minimum Gasteiger partial charge on any atom is -0.497 e. The number of anilines is 1. The molecular weight excluding hydrogens is 282 g/mol. The predicted octanol–water partition coefficient (Wildman–Crippen LogP) is 1.55. The van der Waals surface area contributed by atoms with E-state index in [9.17, 15) is 13.2 Å². The van der Waals surface area contributed by atoms with Crippen molar-refractivity contribution in [3.63, 3.8) is 0 Å². The van der Waals surface area contributed by atoms with E-state index in [-0.39, 0.29) is 5.57 Å². The van der Waals surface area contributed by atoms with Crippen LogP contribution in [-0.4, -0.2) is 33.8 Å². The third-order valence-electron chi connectivity index (χ3n) is 2.45. The number of hydrogen-bond donors (Lipinski definition) is 1. The van der Waals surface area contributed by atoms with Gasteiger partial charge in [-0.1, -0.05) is 6.58 Å². The summed E-state index contributed by atoms with van der Waals surface area (Å²) in [5.41, 5.74) is 0.565.